The third kappa shape index (κ3) is 3.71. The summed E-state index contributed by atoms with van der Waals surface area (Å²) in [5.41, 5.74) is 0.704. The monoisotopic (exact) mass is 424 g/mol. The van der Waals surface area contributed by atoms with Gasteiger partial charge in [-0.2, -0.15) is 4.98 Å². The molecule has 0 aromatic carbocycles. The second kappa shape index (κ2) is 7.86. The van der Waals surface area contributed by atoms with Crippen LogP contribution < -0.4 is 10.6 Å². The second-order valence-electron chi connectivity index (χ2n) is 6.88. The highest BCUT2D eigenvalue weighted by atomic mass is 35.5. The van der Waals surface area contributed by atoms with E-state index in [0.29, 0.717) is 23.5 Å². The van der Waals surface area contributed by atoms with E-state index < -0.39 is 22.8 Å². The molecule has 0 bridgehead atoms. The number of rotatable bonds is 5. The van der Waals surface area contributed by atoms with Gasteiger partial charge in [0, 0.05) is 18.3 Å². The van der Waals surface area contributed by atoms with Gasteiger partial charge < -0.3 is 20.3 Å². The van der Waals surface area contributed by atoms with Gasteiger partial charge in [0.1, 0.15) is 0 Å². The van der Waals surface area contributed by atoms with E-state index in [9.17, 15) is 14.0 Å². The molecule has 0 saturated carbocycles. The number of anilines is 3. The molecule has 3 heterocycles. The minimum absolute atomic E-state index is 0.0618. The summed E-state index contributed by atoms with van der Waals surface area (Å²) in [6.45, 7) is 8.00. The van der Waals surface area contributed by atoms with Crippen LogP contribution >= 0.6 is 11.6 Å². The zero-order chi connectivity index (χ0) is 21.3. The Bertz CT molecular complexity index is 961. The van der Waals surface area contributed by atoms with Gasteiger partial charge in [-0.1, -0.05) is 0 Å². The van der Waals surface area contributed by atoms with Gasteiger partial charge in [-0.05, 0) is 39.3 Å². The maximum Gasteiger partial charge on any atom is 0.418 e. The molecule has 0 atom stereocenters. The Kier molecular flexibility index (Phi) is 5.65. The molecule has 3 rings (SSSR count). The van der Waals surface area contributed by atoms with Gasteiger partial charge in [0.05, 0.1) is 36.3 Å². The normalized spacial score (nSPS) is 14.5. The largest absolute Gasteiger partial charge is 0.449 e. The lowest BCUT2D eigenvalue weighted by atomic mass is 10.0. The molecule has 0 aliphatic carbocycles. The van der Waals surface area contributed by atoms with Crippen LogP contribution in [0.1, 0.15) is 39.0 Å². The fraction of sp³-hybridized carbons (Fsp3) is 0.444. The van der Waals surface area contributed by atoms with Gasteiger partial charge >= 0.3 is 11.5 Å². The number of aromatic nitrogens is 3. The number of fused-ring (bicyclic) bond motifs is 1. The minimum atomic E-state index is -0.875. The number of halogens is 2. The number of ether oxygens (including phenoxy) is 1. The SMILES string of the molecule is CCNc1ncc(F)c(Nc2cn(C(=O)OCC)c3c2CN(C(=O)Cl)C3(C)C)n1. The van der Waals surface area contributed by atoms with Crippen LogP contribution in [0.2, 0.25) is 0 Å². The van der Waals surface area contributed by atoms with Crippen molar-refractivity contribution in [1.82, 2.24) is 19.4 Å². The molecule has 0 saturated heterocycles. The second-order valence-corrected chi connectivity index (χ2v) is 7.21. The molecular weight excluding hydrogens is 403 g/mol. The molecule has 0 spiro atoms. The van der Waals surface area contributed by atoms with Crippen molar-refractivity contribution in [2.24, 2.45) is 0 Å². The predicted molar refractivity (Wildman–Crippen MR) is 106 cm³/mol. The summed E-state index contributed by atoms with van der Waals surface area (Å²) in [6, 6.07) is 0. The third-order valence-corrected chi connectivity index (χ3v) is 4.89. The molecule has 29 heavy (non-hydrogen) atoms. The number of hydrogen-bond acceptors (Lipinski definition) is 7. The van der Waals surface area contributed by atoms with E-state index in [1.165, 1.54) is 15.7 Å². The number of carbonyl (C=O) groups is 2. The average Bonchev–Trinajstić information content (AvgIpc) is 3.14. The van der Waals surface area contributed by atoms with Crippen molar-refractivity contribution in [2.75, 3.05) is 23.8 Å². The predicted octanol–water partition coefficient (Wildman–Crippen LogP) is 4.01. The molecule has 2 aromatic heterocycles. The van der Waals surface area contributed by atoms with Crippen molar-refractivity contribution < 1.29 is 18.7 Å². The lowest BCUT2D eigenvalue weighted by Gasteiger charge is -2.31. The summed E-state index contributed by atoms with van der Waals surface area (Å²) in [7, 11) is 0. The highest BCUT2D eigenvalue weighted by Gasteiger charge is 2.45. The number of amides is 1. The van der Waals surface area contributed by atoms with Crippen LogP contribution in [-0.2, 0) is 16.8 Å². The van der Waals surface area contributed by atoms with E-state index in [-0.39, 0.29) is 24.9 Å². The highest BCUT2D eigenvalue weighted by molar-refractivity contribution is 6.62. The topological polar surface area (TPSA) is 101 Å². The maximum absolute atomic E-state index is 14.3. The molecule has 0 radical (unpaired) electrons. The summed E-state index contributed by atoms with van der Waals surface area (Å²) in [4.78, 5) is 33.9. The Balaban J connectivity index is 2.08. The number of carbonyl (C=O) groups excluding carboxylic acids is 2. The minimum Gasteiger partial charge on any atom is -0.449 e. The molecular formula is C18H22ClFN6O3. The van der Waals surface area contributed by atoms with Crippen molar-refractivity contribution >= 4 is 40.5 Å². The van der Waals surface area contributed by atoms with E-state index in [0.717, 1.165) is 6.20 Å². The Morgan fingerprint density at radius 3 is 2.72 bits per heavy atom. The van der Waals surface area contributed by atoms with Crippen LogP contribution in [0.3, 0.4) is 0 Å². The summed E-state index contributed by atoms with van der Waals surface area (Å²) >= 11 is 5.75. The van der Waals surface area contributed by atoms with Crippen molar-refractivity contribution in [3.8, 4) is 0 Å². The maximum atomic E-state index is 14.3. The van der Waals surface area contributed by atoms with Gasteiger partial charge in [0.2, 0.25) is 5.95 Å². The molecule has 1 amide bonds. The Hall–Kier alpha value is -2.88. The van der Waals surface area contributed by atoms with Crippen molar-refractivity contribution in [1.29, 1.82) is 0 Å². The number of nitrogens with one attached hydrogen (secondary N) is 2. The zero-order valence-corrected chi connectivity index (χ0v) is 17.3. The first-order valence-electron chi connectivity index (χ1n) is 9.13. The van der Waals surface area contributed by atoms with Crippen LogP contribution in [0.25, 0.3) is 0 Å². The molecule has 0 unspecified atom stereocenters. The first kappa shape index (κ1) is 20.8. The Labute approximate surface area is 172 Å². The van der Waals surface area contributed by atoms with Crippen molar-refractivity contribution in [2.45, 2.75) is 39.8 Å². The standard InChI is InChI=1S/C18H22ClFN6O3/c1-5-21-16-22-7-11(20)14(24-16)23-12-9-25(17(28)29-6-2)13-10(12)8-26(15(19)27)18(13,3)4/h7,9H,5-6,8H2,1-4H3,(H2,21,22,23,24). The van der Waals surface area contributed by atoms with Gasteiger partial charge in [-0.25, -0.2) is 14.2 Å². The van der Waals surface area contributed by atoms with Crippen LogP contribution in [0.5, 0.6) is 0 Å². The summed E-state index contributed by atoms with van der Waals surface area (Å²) in [5, 5.41) is 5.16. The Morgan fingerprint density at radius 1 is 1.38 bits per heavy atom. The lowest BCUT2D eigenvalue weighted by Crippen LogP contribution is -2.39. The molecule has 9 nitrogen and oxygen atoms in total. The fourth-order valence-electron chi connectivity index (χ4n) is 3.40. The van der Waals surface area contributed by atoms with Crippen LogP contribution in [-0.4, -0.2) is 44.0 Å². The quantitative estimate of drug-likeness (QED) is 0.552. The van der Waals surface area contributed by atoms with E-state index in [1.807, 2.05) is 6.92 Å². The number of hydrogen-bond donors (Lipinski definition) is 2. The average molecular weight is 425 g/mol. The summed E-state index contributed by atoms with van der Waals surface area (Å²) < 4.78 is 20.7. The lowest BCUT2D eigenvalue weighted by molar-refractivity contribution is 0.143. The summed E-state index contributed by atoms with van der Waals surface area (Å²) in [6.07, 6.45) is 1.95. The third-order valence-electron chi connectivity index (χ3n) is 4.69. The first-order chi connectivity index (χ1) is 13.7. The zero-order valence-electron chi connectivity index (χ0n) is 16.5. The summed E-state index contributed by atoms with van der Waals surface area (Å²) in [5.74, 6) is -0.462. The molecule has 156 valence electrons. The fourth-order valence-corrected chi connectivity index (χ4v) is 3.68. The molecule has 1 aliphatic rings. The smallest absolute Gasteiger partial charge is 0.418 e. The molecule has 11 heteroatoms. The van der Waals surface area contributed by atoms with E-state index in [2.05, 4.69) is 20.6 Å². The van der Waals surface area contributed by atoms with E-state index >= 15 is 0 Å². The molecule has 0 fully saturated rings. The first-order valence-corrected chi connectivity index (χ1v) is 9.50. The van der Waals surface area contributed by atoms with Crippen molar-refractivity contribution in [3.05, 3.63) is 29.5 Å². The molecule has 2 N–H and O–H groups in total. The van der Waals surface area contributed by atoms with E-state index in [1.54, 1.807) is 20.8 Å². The van der Waals surface area contributed by atoms with Crippen molar-refractivity contribution in [3.63, 3.8) is 0 Å². The molecule has 2 aromatic rings. The van der Waals surface area contributed by atoms with E-state index in [4.69, 9.17) is 16.3 Å². The highest BCUT2D eigenvalue weighted by Crippen LogP contribution is 2.44. The van der Waals surface area contributed by atoms with Gasteiger partial charge in [0.15, 0.2) is 11.6 Å². The number of nitrogens with zero attached hydrogens (tertiary/aromatic N) is 4. The van der Waals surface area contributed by atoms with Gasteiger partial charge in [-0.15, -0.1) is 0 Å². The Morgan fingerprint density at radius 2 is 2.10 bits per heavy atom. The van der Waals surface area contributed by atoms with Gasteiger partial charge in [-0.3, -0.25) is 9.36 Å². The van der Waals surface area contributed by atoms with Crippen LogP contribution in [0.15, 0.2) is 12.4 Å². The van der Waals surface area contributed by atoms with Gasteiger partial charge in [0.25, 0.3) is 0 Å². The molecule has 1 aliphatic heterocycles. The van der Waals surface area contributed by atoms with Crippen LogP contribution in [0, 0.1) is 5.82 Å². The van der Waals surface area contributed by atoms with Crippen LogP contribution in [0.4, 0.5) is 31.4 Å².